The first-order chi connectivity index (χ1) is 14.8. The average Bonchev–Trinajstić information content (AvgIpc) is 3.22. The van der Waals surface area contributed by atoms with Crippen molar-refractivity contribution in [3.8, 4) is 5.75 Å². The predicted octanol–water partition coefficient (Wildman–Crippen LogP) is 6.08. The SMILES string of the molecule is Cc1ccc(C2=NN3C(C2)c2cc(Br)ccc2OC3(C)c2cccc([N+](=O)[O-])c2)cc1. The fraction of sp³-hybridized carbons (Fsp3) is 0.208. The van der Waals surface area contributed by atoms with Crippen LogP contribution in [0.4, 0.5) is 5.69 Å². The molecule has 0 aromatic heterocycles. The van der Waals surface area contributed by atoms with Crippen LogP contribution in [0.15, 0.2) is 76.3 Å². The smallest absolute Gasteiger partial charge is 0.269 e. The van der Waals surface area contributed by atoms with E-state index in [0.717, 1.165) is 33.5 Å². The Morgan fingerprint density at radius 3 is 2.68 bits per heavy atom. The summed E-state index contributed by atoms with van der Waals surface area (Å²) in [5, 5.41) is 18.3. The standard InChI is InChI=1S/C24H20BrN3O3/c1-15-6-8-16(9-7-15)21-14-22-20-13-18(25)10-11-23(20)31-24(2,27(22)26-21)17-4-3-5-19(12-17)28(29)30/h3-13,22H,14H2,1-2H3. The van der Waals surface area contributed by atoms with Gasteiger partial charge in [0.25, 0.3) is 5.69 Å². The van der Waals surface area contributed by atoms with E-state index in [1.54, 1.807) is 12.1 Å². The molecule has 3 aromatic carbocycles. The minimum Gasteiger partial charge on any atom is -0.462 e. The van der Waals surface area contributed by atoms with Crippen molar-refractivity contribution in [1.29, 1.82) is 0 Å². The zero-order valence-electron chi connectivity index (χ0n) is 17.1. The van der Waals surface area contributed by atoms with Crippen molar-refractivity contribution in [3.63, 3.8) is 0 Å². The molecule has 0 radical (unpaired) electrons. The van der Waals surface area contributed by atoms with Crippen LogP contribution < -0.4 is 4.74 Å². The Labute approximate surface area is 188 Å². The molecular formula is C24H20BrN3O3. The summed E-state index contributed by atoms with van der Waals surface area (Å²) in [6, 6.07) is 20.8. The van der Waals surface area contributed by atoms with E-state index in [-0.39, 0.29) is 16.7 Å². The van der Waals surface area contributed by atoms with Crippen LogP contribution in [0.2, 0.25) is 0 Å². The van der Waals surface area contributed by atoms with Crippen molar-refractivity contribution in [2.75, 3.05) is 0 Å². The van der Waals surface area contributed by atoms with Crippen molar-refractivity contribution >= 4 is 27.3 Å². The quantitative estimate of drug-likeness (QED) is 0.338. The van der Waals surface area contributed by atoms with Crippen LogP contribution in [0.1, 0.15) is 41.6 Å². The number of benzene rings is 3. The molecule has 156 valence electrons. The van der Waals surface area contributed by atoms with Gasteiger partial charge in [-0.25, -0.2) is 5.01 Å². The third-order valence-electron chi connectivity index (χ3n) is 5.96. The normalized spacial score (nSPS) is 21.7. The number of ether oxygens (including phenoxy) is 1. The number of aryl methyl sites for hydroxylation is 1. The van der Waals surface area contributed by atoms with Gasteiger partial charge in [-0.3, -0.25) is 10.1 Å². The summed E-state index contributed by atoms with van der Waals surface area (Å²) in [4.78, 5) is 11.0. The van der Waals surface area contributed by atoms with Gasteiger partial charge in [0, 0.05) is 41.1 Å². The van der Waals surface area contributed by atoms with Gasteiger partial charge in [-0.15, -0.1) is 0 Å². The molecule has 0 aliphatic carbocycles. The lowest BCUT2D eigenvalue weighted by Gasteiger charge is -2.46. The van der Waals surface area contributed by atoms with Crippen molar-refractivity contribution in [2.24, 2.45) is 5.10 Å². The number of non-ortho nitro benzene ring substituents is 1. The van der Waals surface area contributed by atoms with Crippen LogP contribution in [0.25, 0.3) is 0 Å². The van der Waals surface area contributed by atoms with Gasteiger partial charge in [0.2, 0.25) is 5.72 Å². The van der Waals surface area contributed by atoms with E-state index in [2.05, 4.69) is 53.2 Å². The molecule has 0 bridgehead atoms. The molecule has 0 amide bonds. The molecule has 2 heterocycles. The lowest BCUT2D eigenvalue weighted by atomic mass is 9.92. The highest BCUT2D eigenvalue weighted by Crippen LogP contribution is 2.51. The van der Waals surface area contributed by atoms with Gasteiger partial charge in [-0.1, -0.05) is 57.9 Å². The Morgan fingerprint density at radius 2 is 1.94 bits per heavy atom. The second-order valence-electron chi connectivity index (χ2n) is 8.05. The van der Waals surface area contributed by atoms with Crippen molar-refractivity contribution in [2.45, 2.75) is 32.0 Å². The lowest BCUT2D eigenvalue weighted by molar-refractivity contribution is -0.385. The molecule has 2 atom stereocenters. The molecule has 0 saturated heterocycles. The van der Waals surface area contributed by atoms with Gasteiger partial charge in [-0.05, 0) is 30.7 Å². The summed E-state index contributed by atoms with van der Waals surface area (Å²) in [6.45, 7) is 3.98. The molecular weight excluding hydrogens is 458 g/mol. The summed E-state index contributed by atoms with van der Waals surface area (Å²) < 4.78 is 7.46. The van der Waals surface area contributed by atoms with E-state index >= 15 is 0 Å². The molecule has 2 aliphatic heterocycles. The van der Waals surface area contributed by atoms with E-state index < -0.39 is 5.72 Å². The van der Waals surface area contributed by atoms with E-state index in [1.165, 1.54) is 11.6 Å². The first kappa shape index (κ1) is 19.8. The van der Waals surface area contributed by atoms with Crippen molar-refractivity contribution in [3.05, 3.63) is 104 Å². The van der Waals surface area contributed by atoms with Crippen LogP contribution in [0.3, 0.4) is 0 Å². The highest BCUT2D eigenvalue weighted by molar-refractivity contribution is 9.10. The summed E-state index contributed by atoms with van der Waals surface area (Å²) in [7, 11) is 0. The molecule has 0 fully saturated rings. The number of nitro groups is 1. The van der Waals surface area contributed by atoms with Gasteiger partial charge >= 0.3 is 0 Å². The Balaban J connectivity index is 1.66. The maximum atomic E-state index is 11.4. The molecule has 0 spiro atoms. The molecule has 5 rings (SSSR count). The number of halogens is 1. The molecule has 7 heteroatoms. The fourth-order valence-corrected chi connectivity index (χ4v) is 4.68. The largest absolute Gasteiger partial charge is 0.462 e. The molecule has 2 aliphatic rings. The Hall–Kier alpha value is -3.19. The highest BCUT2D eigenvalue weighted by Gasteiger charge is 2.49. The van der Waals surface area contributed by atoms with Crippen LogP contribution in [0.5, 0.6) is 5.75 Å². The summed E-state index contributed by atoms with van der Waals surface area (Å²) in [6.07, 6.45) is 0.723. The maximum Gasteiger partial charge on any atom is 0.269 e. The van der Waals surface area contributed by atoms with E-state index in [9.17, 15) is 10.1 Å². The molecule has 6 nitrogen and oxygen atoms in total. The van der Waals surface area contributed by atoms with Gasteiger partial charge in [-0.2, -0.15) is 5.10 Å². The van der Waals surface area contributed by atoms with Gasteiger partial charge in [0.1, 0.15) is 5.75 Å². The predicted molar refractivity (Wildman–Crippen MR) is 122 cm³/mol. The zero-order valence-corrected chi connectivity index (χ0v) is 18.7. The second kappa shape index (κ2) is 7.20. The Morgan fingerprint density at radius 1 is 1.16 bits per heavy atom. The number of fused-ring (bicyclic) bond motifs is 3. The minimum absolute atomic E-state index is 0.0300. The summed E-state index contributed by atoms with van der Waals surface area (Å²) in [5.41, 5.74) is 4.01. The number of rotatable bonds is 3. The monoisotopic (exact) mass is 477 g/mol. The lowest BCUT2D eigenvalue weighted by Crippen LogP contribution is -2.48. The topological polar surface area (TPSA) is 68.0 Å². The first-order valence-electron chi connectivity index (χ1n) is 10.0. The molecule has 0 N–H and O–H groups in total. The van der Waals surface area contributed by atoms with E-state index in [1.807, 2.05) is 30.1 Å². The number of hydrazone groups is 1. The minimum atomic E-state index is -0.982. The highest BCUT2D eigenvalue weighted by atomic mass is 79.9. The van der Waals surface area contributed by atoms with Crippen LogP contribution in [0, 0.1) is 17.0 Å². The number of nitrogens with zero attached hydrogens (tertiary/aromatic N) is 3. The Kier molecular flexibility index (Phi) is 4.59. The maximum absolute atomic E-state index is 11.4. The average molecular weight is 478 g/mol. The van der Waals surface area contributed by atoms with Gasteiger partial charge in [0.05, 0.1) is 16.7 Å². The Bertz CT molecular complexity index is 1220. The van der Waals surface area contributed by atoms with E-state index in [4.69, 9.17) is 9.84 Å². The third-order valence-corrected chi connectivity index (χ3v) is 6.46. The van der Waals surface area contributed by atoms with Crippen LogP contribution in [-0.4, -0.2) is 15.6 Å². The summed E-state index contributed by atoms with van der Waals surface area (Å²) in [5.74, 6) is 0.763. The third kappa shape index (κ3) is 3.29. The number of hydrogen-bond donors (Lipinski definition) is 0. The van der Waals surface area contributed by atoms with E-state index in [0.29, 0.717) is 5.56 Å². The second-order valence-corrected chi connectivity index (χ2v) is 8.97. The van der Waals surface area contributed by atoms with Crippen molar-refractivity contribution < 1.29 is 9.66 Å². The van der Waals surface area contributed by atoms with Gasteiger partial charge in [0.15, 0.2) is 0 Å². The van der Waals surface area contributed by atoms with Crippen LogP contribution >= 0.6 is 15.9 Å². The number of hydrogen-bond acceptors (Lipinski definition) is 5. The fourth-order valence-electron chi connectivity index (χ4n) is 4.30. The van der Waals surface area contributed by atoms with Crippen molar-refractivity contribution in [1.82, 2.24) is 5.01 Å². The first-order valence-corrected chi connectivity index (χ1v) is 10.8. The van der Waals surface area contributed by atoms with Crippen LogP contribution in [-0.2, 0) is 5.72 Å². The van der Waals surface area contributed by atoms with Gasteiger partial charge < -0.3 is 4.74 Å². The molecule has 3 aromatic rings. The zero-order chi connectivity index (χ0) is 21.8. The molecule has 31 heavy (non-hydrogen) atoms. The summed E-state index contributed by atoms with van der Waals surface area (Å²) >= 11 is 3.57. The number of nitro benzene ring substituents is 1. The molecule has 0 saturated carbocycles. The molecule has 2 unspecified atom stereocenters.